The molecule has 7 nitrogen and oxygen atoms in total. The van der Waals surface area contributed by atoms with Crippen molar-refractivity contribution < 1.29 is 33.7 Å². The number of fused-ring (bicyclic) bond motifs is 1. The van der Waals surface area contributed by atoms with E-state index in [-0.39, 0.29) is 23.7 Å². The number of hydrogen-bond acceptors (Lipinski definition) is 6. The van der Waals surface area contributed by atoms with Gasteiger partial charge in [0.25, 0.3) is 0 Å². The van der Waals surface area contributed by atoms with Gasteiger partial charge in [0.05, 0.1) is 17.2 Å². The normalized spacial score (nSPS) is 18.7. The SMILES string of the molecule is CCCCCC[C@@H](C)Oc1ccc(C(=O)OC2(C(=O)O)CCc3ccccc3C2OC(=O)c2ccccc2)cc1. The second-order valence-electron chi connectivity index (χ2n) is 10.2. The molecular weight excluding hydrogens is 508 g/mol. The quantitative estimate of drug-likeness (QED) is 0.195. The Labute approximate surface area is 235 Å². The fourth-order valence-corrected chi connectivity index (χ4v) is 5.04. The molecule has 0 saturated carbocycles. The lowest BCUT2D eigenvalue weighted by Crippen LogP contribution is -2.52. The molecule has 2 unspecified atom stereocenters. The second-order valence-corrected chi connectivity index (χ2v) is 10.2. The number of unbranched alkanes of at least 4 members (excludes halogenated alkanes) is 3. The Kier molecular flexibility index (Phi) is 9.59. The molecule has 7 heteroatoms. The molecule has 4 rings (SSSR count). The number of ether oxygens (including phenoxy) is 3. The Morgan fingerprint density at radius 2 is 1.55 bits per heavy atom. The molecule has 210 valence electrons. The van der Waals surface area contributed by atoms with Gasteiger partial charge in [0.2, 0.25) is 5.60 Å². The van der Waals surface area contributed by atoms with Crippen LogP contribution in [0.25, 0.3) is 0 Å². The molecule has 0 aliphatic heterocycles. The zero-order valence-electron chi connectivity index (χ0n) is 23.0. The van der Waals surface area contributed by atoms with Crippen LogP contribution in [0.3, 0.4) is 0 Å². The first-order valence-corrected chi connectivity index (χ1v) is 13.9. The van der Waals surface area contributed by atoms with Crippen LogP contribution in [-0.4, -0.2) is 34.7 Å². The highest BCUT2D eigenvalue weighted by molar-refractivity contribution is 5.94. The molecule has 0 aromatic heterocycles. The van der Waals surface area contributed by atoms with Crippen molar-refractivity contribution in [3.63, 3.8) is 0 Å². The van der Waals surface area contributed by atoms with E-state index >= 15 is 0 Å². The maximum atomic E-state index is 13.3. The first kappa shape index (κ1) is 28.9. The summed E-state index contributed by atoms with van der Waals surface area (Å²) in [6.07, 6.45) is 4.59. The van der Waals surface area contributed by atoms with Crippen molar-refractivity contribution >= 4 is 17.9 Å². The summed E-state index contributed by atoms with van der Waals surface area (Å²) in [5, 5.41) is 10.4. The smallest absolute Gasteiger partial charge is 0.352 e. The lowest BCUT2D eigenvalue weighted by molar-refractivity contribution is -0.176. The van der Waals surface area contributed by atoms with E-state index < -0.39 is 29.6 Å². The van der Waals surface area contributed by atoms with Crippen molar-refractivity contribution in [1.29, 1.82) is 0 Å². The van der Waals surface area contributed by atoms with Crippen molar-refractivity contribution in [2.45, 2.75) is 76.6 Å². The van der Waals surface area contributed by atoms with Crippen LogP contribution < -0.4 is 4.74 Å². The third kappa shape index (κ3) is 6.71. The molecule has 0 bridgehead atoms. The standard InChI is InChI=1S/C33H36O7/c1-3-4-5-7-12-23(2)38-27-19-17-26(18-20-27)31(35)40-33(32(36)37)22-21-24-13-10-11-16-28(24)29(33)39-30(34)25-14-8-6-9-15-25/h6,8-11,13-20,23,29H,3-5,7,12,21-22H2,1-2H3,(H,36,37)/t23-,29?,33?/m1/s1. The molecule has 1 aliphatic rings. The molecule has 3 aromatic carbocycles. The summed E-state index contributed by atoms with van der Waals surface area (Å²) >= 11 is 0. The van der Waals surface area contributed by atoms with Crippen molar-refractivity contribution in [3.05, 3.63) is 101 Å². The molecular formula is C33H36O7. The molecule has 0 saturated heterocycles. The Hall–Kier alpha value is -4.13. The fourth-order valence-electron chi connectivity index (χ4n) is 5.04. The van der Waals surface area contributed by atoms with Crippen LogP contribution >= 0.6 is 0 Å². The maximum absolute atomic E-state index is 13.3. The largest absolute Gasteiger partial charge is 0.491 e. The van der Waals surface area contributed by atoms with Crippen molar-refractivity contribution in [3.8, 4) is 5.75 Å². The molecule has 1 aliphatic carbocycles. The zero-order chi connectivity index (χ0) is 28.5. The topological polar surface area (TPSA) is 99.1 Å². The summed E-state index contributed by atoms with van der Waals surface area (Å²) in [5.41, 5.74) is -0.309. The summed E-state index contributed by atoms with van der Waals surface area (Å²) in [5.74, 6) is -2.28. The number of carboxylic acids is 1. The third-order valence-corrected chi connectivity index (χ3v) is 7.29. The van der Waals surface area contributed by atoms with Gasteiger partial charge < -0.3 is 19.3 Å². The lowest BCUT2D eigenvalue weighted by Gasteiger charge is -2.40. The number of carbonyl (C=O) groups is 3. The number of carbonyl (C=O) groups excluding carboxylic acids is 2. The molecule has 0 spiro atoms. The van der Waals surface area contributed by atoms with Crippen LogP contribution in [0.2, 0.25) is 0 Å². The van der Waals surface area contributed by atoms with Crippen LogP contribution in [0.5, 0.6) is 5.75 Å². The molecule has 3 atom stereocenters. The van der Waals surface area contributed by atoms with Crippen LogP contribution in [0, 0.1) is 0 Å². The number of benzene rings is 3. The molecule has 0 fully saturated rings. The zero-order valence-corrected chi connectivity index (χ0v) is 23.0. The van der Waals surface area contributed by atoms with Gasteiger partial charge in [-0.25, -0.2) is 14.4 Å². The van der Waals surface area contributed by atoms with Crippen molar-refractivity contribution in [2.75, 3.05) is 0 Å². The van der Waals surface area contributed by atoms with Gasteiger partial charge in [0.15, 0.2) is 6.10 Å². The monoisotopic (exact) mass is 544 g/mol. The van der Waals surface area contributed by atoms with Crippen molar-refractivity contribution in [1.82, 2.24) is 0 Å². The van der Waals surface area contributed by atoms with Crippen LogP contribution in [0.15, 0.2) is 78.9 Å². The second kappa shape index (κ2) is 13.3. The van der Waals surface area contributed by atoms with E-state index in [4.69, 9.17) is 14.2 Å². The summed E-state index contributed by atoms with van der Waals surface area (Å²) in [7, 11) is 0. The Bertz CT molecular complexity index is 1300. The summed E-state index contributed by atoms with van der Waals surface area (Å²) in [4.78, 5) is 39.1. The number of aliphatic carboxylic acids is 1. The van der Waals surface area contributed by atoms with Crippen LogP contribution in [0.4, 0.5) is 0 Å². The predicted molar refractivity (Wildman–Crippen MR) is 150 cm³/mol. The summed E-state index contributed by atoms with van der Waals surface area (Å²) < 4.78 is 17.6. The van der Waals surface area contributed by atoms with Gasteiger partial charge in [-0.2, -0.15) is 0 Å². The van der Waals surface area contributed by atoms with E-state index in [1.807, 2.05) is 19.1 Å². The molecule has 3 aromatic rings. The van der Waals surface area contributed by atoms with E-state index in [0.29, 0.717) is 17.7 Å². The minimum atomic E-state index is -2.10. The highest BCUT2D eigenvalue weighted by Gasteiger charge is 2.55. The molecule has 0 heterocycles. The average Bonchev–Trinajstić information content (AvgIpc) is 2.97. The minimum absolute atomic E-state index is 0.0345. The Morgan fingerprint density at radius 3 is 2.25 bits per heavy atom. The number of rotatable bonds is 12. The first-order valence-electron chi connectivity index (χ1n) is 13.9. The van der Waals surface area contributed by atoms with Gasteiger partial charge in [-0.05, 0) is 68.1 Å². The Morgan fingerprint density at radius 1 is 0.875 bits per heavy atom. The van der Waals surface area contributed by atoms with Gasteiger partial charge in [0.1, 0.15) is 5.75 Å². The van der Waals surface area contributed by atoms with Gasteiger partial charge >= 0.3 is 17.9 Å². The highest BCUT2D eigenvalue weighted by Crippen LogP contribution is 2.44. The highest BCUT2D eigenvalue weighted by atomic mass is 16.6. The van der Waals surface area contributed by atoms with Gasteiger partial charge in [-0.15, -0.1) is 0 Å². The average molecular weight is 545 g/mol. The summed E-state index contributed by atoms with van der Waals surface area (Å²) in [6.45, 7) is 4.19. The van der Waals surface area contributed by atoms with Crippen LogP contribution in [0.1, 0.15) is 90.3 Å². The van der Waals surface area contributed by atoms with E-state index in [1.165, 1.54) is 19.3 Å². The minimum Gasteiger partial charge on any atom is -0.491 e. The number of esters is 2. The van der Waals surface area contributed by atoms with E-state index in [2.05, 4.69) is 6.92 Å². The third-order valence-electron chi connectivity index (χ3n) is 7.29. The first-order chi connectivity index (χ1) is 19.3. The molecule has 0 radical (unpaired) electrons. The summed E-state index contributed by atoms with van der Waals surface area (Å²) in [6, 6.07) is 21.9. The van der Waals surface area contributed by atoms with E-state index in [1.54, 1.807) is 66.7 Å². The molecule has 40 heavy (non-hydrogen) atoms. The van der Waals surface area contributed by atoms with Crippen LogP contribution in [-0.2, 0) is 20.7 Å². The lowest BCUT2D eigenvalue weighted by atomic mass is 9.77. The van der Waals surface area contributed by atoms with E-state index in [9.17, 15) is 19.5 Å². The van der Waals surface area contributed by atoms with Crippen molar-refractivity contribution in [2.24, 2.45) is 0 Å². The van der Waals surface area contributed by atoms with E-state index in [0.717, 1.165) is 18.4 Å². The molecule has 0 amide bonds. The predicted octanol–water partition coefficient (Wildman–Crippen LogP) is 6.95. The van der Waals surface area contributed by atoms with Gasteiger partial charge in [-0.3, -0.25) is 0 Å². The number of aryl methyl sites for hydroxylation is 1. The molecule has 1 N–H and O–H groups in total. The maximum Gasteiger partial charge on any atom is 0.352 e. The number of hydrogen-bond donors (Lipinski definition) is 1. The Balaban J connectivity index is 1.54. The van der Waals surface area contributed by atoms with Gasteiger partial charge in [0, 0.05) is 12.0 Å². The fraction of sp³-hybridized carbons (Fsp3) is 0.364. The number of carboxylic acid groups (broad SMARTS) is 1. The van der Waals surface area contributed by atoms with Gasteiger partial charge in [-0.1, -0.05) is 68.7 Å².